The molecule has 7 heteroatoms. The summed E-state index contributed by atoms with van der Waals surface area (Å²) in [5.41, 5.74) is 8.94. The molecule has 3 aromatic rings. The van der Waals surface area contributed by atoms with E-state index in [2.05, 4.69) is 72.9 Å². The average molecular weight is 422 g/mol. The Morgan fingerprint density at radius 3 is 2.57 bits per heavy atom. The molecule has 156 valence electrons. The quantitative estimate of drug-likeness (QED) is 0.632. The first kappa shape index (κ1) is 20.5. The lowest BCUT2D eigenvalue weighted by molar-refractivity contribution is -0.116. The topological polar surface area (TPSA) is 71.8 Å². The second kappa shape index (κ2) is 8.52. The van der Waals surface area contributed by atoms with Crippen LogP contribution in [0.25, 0.3) is 0 Å². The molecule has 2 aromatic carbocycles. The Morgan fingerprint density at radius 1 is 1.10 bits per heavy atom. The van der Waals surface area contributed by atoms with Crippen molar-refractivity contribution >= 4 is 23.4 Å². The molecule has 2 heterocycles. The monoisotopic (exact) mass is 421 g/mol. The van der Waals surface area contributed by atoms with Crippen LogP contribution in [0.15, 0.2) is 47.6 Å². The lowest BCUT2D eigenvalue weighted by Crippen LogP contribution is -2.41. The van der Waals surface area contributed by atoms with Crippen LogP contribution in [0.4, 0.5) is 5.69 Å². The van der Waals surface area contributed by atoms with E-state index >= 15 is 0 Å². The number of benzene rings is 2. The third kappa shape index (κ3) is 4.07. The third-order valence-electron chi connectivity index (χ3n) is 5.45. The van der Waals surface area contributed by atoms with Gasteiger partial charge in [-0.3, -0.25) is 4.79 Å². The first-order chi connectivity index (χ1) is 14.5. The van der Waals surface area contributed by atoms with Crippen molar-refractivity contribution in [1.82, 2.24) is 14.9 Å². The van der Waals surface area contributed by atoms with Gasteiger partial charge in [0.15, 0.2) is 5.82 Å². The highest BCUT2D eigenvalue weighted by Crippen LogP contribution is 2.37. The Balaban J connectivity index is 1.66. The van der Waals surface area contributed by atoms with E-state index in [9.17, 15) is 4.79 Å². The fourth-order valence-corrected chi connectivity index (χ4v) is 4.64. The summed E-state index contributed by atoms with van der Waals surface area (Å²) < 4.78 is 1.94. The molecule has 0 saturated carbocycles. The maximum Gasteiger partial charge on any atom is 0.240 e. The number of fused-ring (bicyclic) bond motifs is 1. The Labute approximate surface area is 181 Å². The van der Waals surface area contributed by atoms with Gasteiger partial charge in [0.25, 0.3) is 0 Å². The van der Waals surface area contributed by atoms with Gasteiger partial charge in [-0.2, -0.15) is 0 Å². The van der Waals surface area contributed by atoms with Crippen molar-refractivity contribution in [2.75, 3.05) is 10.7 Å². The largest absolute Gasteiger partial charge is 0.325 e. The van der Waals surface area contributed by atoms with Gasteiger partial charge in [-0.1, -0.05) is 54.6 Å². The lowest BCUT2D eigenvalue weighted by atomic mass is 10.0. The fraction of sp³-hybridized carbons (Fsp3) is 0.348. The van der Waals surface area contributed by atoms with Crippen LogP contribution in [-0.2, 0) is 11.2 Å². The molecule has 2 N–H and O–H groups in total. The van der Waals surface area contributed by atoms with Crippen LogP contribution >= 0.6 is 11.8 Å². The Bertz CT molecular complexity index is 1060. The molecular formula is C23H27N5OS. The summed E-state index contributed by atoms with van der Waals surface area (Å²) in [5, 5.41) is 12.1. The molecule has 1 aliphatic heterocycles. The van der Waals surface area contributed by atoms with Gasteiger partial charge in [0.05, 0.1) is 6.04 Å². The van der Waals surface area contributed by atoms with E-state index in [-0.39, 0.29) is 17.2 Å². The van der Waals surface area contributed by atoms with Crippen LogP contribution in [0, 0.1) is 20.8 Å². The molecule has 0 saturated heterocycles. The number of rotatable bonds is 5. The van der Waals surface area contributed by atoms with Crippen molar-refractivity contribution in [3.63, 3.8) is 0 Å². The van der Waals surface area contributed by atoms with Crippen LogP contribution in [0.5, 0.6) is 0 Å². The van der Waals surface area contributed by atoms with E-state index in [4.69, 9.17) is 0 Å². The van der Waals surface area contributed by atoms with Crippen LogP contribution in [0.1, 0.15) is 47.5 Å². The molecule has 0 fully saturated rings. The number of anilines is 1. The number of thioether (sulfide) groups is 1. The van der Waals surface area contributed by atoms with Crippen molar-refractivity contribution in [2.45, 2.75) is 57.0 Å². The van der Waals surface area contributed by atoms with Gasteiger partial charge in [0.2, 0.25) is 11.1 Å². The van der Waals surface area contributed by atoms with E-state index in [1.54, 1.807) is 0 Å². The van der Waals surface area contributed by atoms with E-state index in [1.807, 2.05) is 22.9 Å². The van der Waals surface area contributed by atoms with Gasteiger partial charge >= 0.3 is 0 Å². The zero-order valence-electron chi connectivity index (χ0n) is 17.8. The smallest absolute Gasteiger partial charge is 0.240 e. The summed E-state index contributed by atoms with van der Waals surface area (Å²) >= 11 is 1.46. The van der Waals surface area contributed by atoms with Crippen LogP contribution in [-0.4, -0.2) is 26.0 Å². The molecule has 2 unspecified atom stereocenters. The summed E-state index contributed by atoms with van der Waals surface area (Å²) in [6.45, 7) is 8.30. The lowest BCUT2D eigenvalue weighted by Gasteiger charge is -2.33. The summed E-state index contributed by atoms with van der Waals surface area (Å²) in [6, 6.07) is 14.1. The molecule has 1 amide bonds. The Morgan fingerprint density at radius 2 is 1.87 bits per heavy atom. The summed E-state index contributed by atoms with van der Waals surface area (Å²) in [4.78, 5) is 13.3. The van der Waals surface area contributed by atoms with E-state index in [0.717, 1.165) is 40.6 Å². The van der Waals surface area contributed by atoms with Gasteiger partial charge in [-0.05, 0) is 56.0 Å². The minimum atomic E-state index is -0.375. The standard InChI is InChI=1S/C23H27N5OS/c1-5-6-19-25-26-23-28(19)27-20(17-10-7-14(2)8-11-17)21(30-23)22(29)24-18-12-9-15(3)16(4)13-18/h7-13,20-21,27H,5-6H2,1-4H3,(H,24,29). The molecule has 30 heavy (non-hydrogen) atoms. The van der Waals surface area contributed by atoms with Gasteiger partial charge < -0.3 is 10.7 Å². The number of carbonyl (C=O) groups excluding carboxylic acids is 1. The molecule has 0 spiro atoms. The maximum atomic E-state index is 13.3. The van der Waals surface area contributed by atoms with Gasteiger partial charge in [0, 0.05) is 12.1 Å². The number of aryl methyl sites for hydroxylation is 4. The molecule has 1 aliphatic rings. The van der Waals surface area contributed by atoms with E-state index in [0.29, 0.717) is 0 Å². The molecule has 0 radical (unpaired) electrons. The number of carbonyl (C=O) groups is 1. The van der Waals surface area contributed by atoms with Crippen LogP contribution < -0.4 is 10.7 Å². The van der Waals surface area contributed by atoms with Gasteiger partial charge in [-0.15, -0.1) is 10.2 Å². The Hall–Kier alpha value is -2.80. The summed E-state index contributed by atoms with van der Waals surface area (Å²) in [6.07, 6.45) is 1.82. The second-order valence-electron chi connectivity index (χ2n) is 7.83. The van der Waals surface area contributed by atoms with Crippen molar-refractivity contribution in [2.24, 2.45) is 0 Å². The second-order valence-corrected chi connectivity index (χ2v) is 8.94. The molecule has 2 atom stereocenters. The Kier molecular flexibility index (Phi) is 5.81. The number of hydrogen-bond donors (Lipinski definition) is 2. The highest BCUT2D eigenvalue weighted by molar-refractivity contribution is 8.00. The summed E-state index contributed by atoms with van der Waals surface area (Å²) in [7, 11) is 0. The molecule has 4 rings (SSSR count). The first-order valence-corrected chi connectivity index (χ1v) is 11.2. The first-order valence-electron chi connectivity index (χ1n) is 10.3. The number of hydrogen-bond acceptors (Lipinski definition) is 5. The number of aromatic nitrogens is 3. The van der Waals surface area contributed by atoms with Gasteiger partial charge in [0.1, 0.15) is 5.25 Å². The maximum absolute atomic E-state index is 13.3. The molecule has 0 aliphatic carbocycles. The zero-order valence-corrected chi connectivity index (χ0v) is 18.6. The molecule has 6 nitrogen and oxygen atoms in total. The molecule has 1 aromatic heterocycles. The zero-order chi connectivity index (χ0) is 21.3. The normalized spacial score (nSPS) is 17.9. The van der Waals surface area contributed by atoms with Crippen molar-refractivity contribution in [3.05, 3.63) is 70.5 Å². The highest BCUT2D eigenvalue weighted by Gasteiger charge is 2.37. The van der Waals surface area contributed by atoms with Crippen molar-refractivity contribution < 1.29 is 4.79 Å². The average Bonchev–Trinajstić information content (AvgIpc) is 3.12. The van der Waals surface area contributed by atoms with Gasteiger partial charge in [-0.25, -0.2) is 4.68 Å². The van der Waals surface area contributed by atoms with Crippen molar-refractivity contribution in [3.8, 4) is 0 Å². The fourth-order valence-electron chi connectivity index (χ4n) is 3.54. The van der Waals surface area contributed by atoms with Crippen molar-refractivity contribution in [1.29, 1.82) is 0 Å². The third-order valence-corrected chi connectivity index (χ3v) is 6.66. The predicted octanol–water partition coefficient (Wildman–Crippen LogP) is 4.55. The highest BCUT2D eigenvalue weighted by atomic mass is 32.2. The minimum absolute atomic E-state index is 0.0485. The number of nitrogens with one attached hydrogen (secondary N) is 2. The molecular weight excluding hydrogens is 394 g/mol. The SMILES string of the molecule is CCCc1nnc2n1NC(c1ccc(C)cc1)C(C(=O)Nc1ccc(C)c(C)c1)S2. The van der Waals surface area contributed by atoms with Crippen LogP contribution in [0.2, 0.25) is 0 Å². The summed E-state index contributed by atoms with van der Waals surface area (Å²) in [5.74, 6) is 0.845. The molecule has 0 bridgehead atoms. The van der Waals surface area contributed by atoms with Crippen LogP contribution in [0.3, 0.4) is 0 Å². The minimum Gasteiger partial charge on any atom is -0.325 e. The number of nitrogens with zero attached hydrogens (tertiary/aromatic N) is 3. The number of amides is 1. The van der Waals surface area contributed by atoms with E-state index in [1.165, 1.54) is 22.9 Å². The van der Waals surface area contributed by atoms with E-state index < -0.39 is 0 Å². The predicted molar refractivity (Wildman–Crippen MR) is 121 cm³/mol.